The smallest absolute Gasteiger partial charge is 0.338 e. The van der Waals surface area contributed by atoms with Crippen LogP contribution in [-0.2, 0) is 38.4 Å². The standard InChI is InChI=1S/C30H38O6.C26H34O4.C24H28O6/c1-7-28(31)34-26-16-24(23-14-12-22(13-15-23)21-10-8-20(6)9-11-21)25(35-29(32)18(2)3)17-27(26)36-30(33)19(4)5;1-5-25(27)29-23-14-22(15-24(16-23)30-26(28)17(2)3)21-12-10-20(11-13-21)19-8-6-18(4)7-9-19;1-7-22(25)28-20-12-18(17-10-8-16(6)9-11-17)19(29-23(26)14(2)3)13-21(20)30-24(27)15(4)5/h7,16-17,20-23H,1-2,4,8-15H2,3,5-6H3;5,14-16,18-21H,1-2,6-13H2,3-4H3;7,12-13,16-17H,1-2,4,8-11H2,3,5-6H3. The molecule has 16 nitrogen and oxygen atoms in total. The molecule has 0 unspecified atom stereocenters. The summed E-state index contributed by atoms with van der Waals surface area (Å²) < 4.78 is 43.5. The molecule has 16 heteroatoms. The van der Waals surface area contributed by atoms with E-state index in [-0.39, 0.29) is 68.6 Å². The van der Waals surface area contributed by atoms with Crippen molar-refractivity contribution in [3.05, 3.63) is 158 Å². The topological polar surface area (TPSA) is 210 Å². The predicted octanol–water partition coefficient (Wildman–Crippen LogP) is 18.2. The van der Waals surface area contributed by atoms with Gasteiger partial charge in [0.25, 0.3) is 0 Å². The Labute approximate surface area is 568 Å². The highest BCUT2D eigenvalue weighted by Crippen LogP contribution is 2.50. The number of carbonyl (C=O) groups is 8. The van der Waals surface area contributed by atoms with Crippen LogP contribution in [0, 0.1) is 41.4 Å². The van der Waals surface area contributed by atoms with Crippen LogP contribution >= 0.6 is 0 Å². The van der Waals surface area contributed by atoms with Crippen molar-refractivity contribution in [1.29, 1.82) is 0 Å². The van der Waals surface area contributed by atoms with Crippen molar-refractivity contribution >= 4 is 47.8 Å². The summed E-state index contributed by atoms with van der Waals surface area (Å²) in [6, 6.07) is 11.5. The van der Waals surface area contributed by atoms with Gasteiger partial charge in [-0.2, -0.15) is 0 Å². The van der Waals surface area contributed by atoms with Gasteiger partial charge in [-0.15, -0.1) is 0 Å². The summed E-state index contributed by atoms with van der Waals surface area (Å²) in [6.07, 6.45) is 26.6. The number of benzene rings is 3. The van der Waals surface area contributed by atoms with E-state index in [2.05, 4.69) is 73.4 Å². The van der Waals surface area contributed by atoms with Crippen molar-refractivity contribution in [2.24, 2.45) is 41.4 Å². The molecule has 0 atom stereocenters. The summed E-state index contributed by atoms with van der Waals surface area (Å²) >= 11 is 0. The van der Waals surface area contributed by atoms with Crippen LogP contribution in [0.2, 0.25) is 0 Å². The summed E-state index contributed by atoms with van der Waals surface area (Å²) in [6.45, 7) is 43.0. The fourth-order valence-corrected chi connectivity index (χ4v) is 13.5. The SMILES string of the molecule is C=CC(=O)Oc1cc(C2CCC(C)CC2)c(OC(=O)C(=C)C)cc1OC(=O)C(=C)C.C=CC(=O)Oc1cc(C2CCC(C3CCC(C)CC3)CC2)c(OC(=O)C(=C)C)cc1OC(=O)C(=C)C.C=CC(=O)Oc1cc(OC(=O)C(=C)C)cc(C2CCC(C3CCC(C)CC3)CC2)c1. The fourth-order valence-electron chi connectivity index (χ4n) is 13.5. The summed E-state index contributed by atoms with van der Waals surface area (Å²) in [5, 5.41) is 0. The minimum absolute atomic E-state index is 0.0310. The molecule has 0 aliphatic heterocycles. The number of ether oxygens (including phenoxy) is 8. The molecule has 516 valence electrons. The maximum atomic E-state index is 12.4. The van der Waals surface area contributed by atoms with Crippen molar-refractivity contribution in [3.63, 3.8) is 0 Å². The van der Waals surface area contributed by atoms with Crippen LogP contribution < -0.4 is 37.9 Å². The third kappa shape index (κ3) is 22.8. The van der Waals surface area contributed by atoms with Crippen LogP contribution in [0.3, 0.4) is 0 Å². The Balaban J connectivity index is 0.000000229. The molecule has 3 aromatic carbocycles. The van der Waals surface area contributed by atoms with Gasteiger partial charge in [0.05, 0.1) is 0 Å². The minimum atomic E-state index is -0.697. The zero-order valence-corrected chi connectivity index (χ0v) is 57.9. The van der Waals surface area contributed by atoms with E-state index in [9.17, 15) is 38.4 Å². The van der Waals surface area contributed by atoms with E-state index in [1.165, 1.54) is 90.2 Å². The number of rotatable bonds is 21. The Morgan fingerprint density at radius 2 is 0.552 bits per heavy atom. The highest BCUT2D eigenvalue weighted by Gasteiger charge is 2.35. The first-order valence-electron chi connectivity index (χ1n) is 34.0. The zero-order chi connectivity index (χ0) is 70.5. The number of carbonyl (C=O) groups excluding carboxylic acids is 8. The van der Waals surface area contributed by atoms with Gasteiger partial charge in [-0.1, -0.05) is 112 Å². The van der Waals surface area contributed by atoms with Crippen molar-refractivity contribution < 1.29 is 76.3 Å². The van der Waals surface area contributed by atoms with Gasteiger partial charge in [0, 0.05) is 75.4 Å². The van der Waals surface area contributed by atoms with Crippen LogP contribution in [0.5, 0.6) is 46.0 Å². The monoisotopic (exact) mass is 1320 g/mol. The molecule has 0 bridgehead atoms. The van der Waals surface area contributed by atoms with Gasteiger partial charge in [0.2, 0.25) is 0 Å². The Hall–Kier alpha value is -8.66. The molecule has 0 heterocycles. The second-order valence-electron chi connectivity index (χ2n) is 27.4. The molecule has 0 saturated heterocycles. The lowest BCUT2D eigenvalue weighted by molar-refractivity contribution is -0.132. The molecule has 8 rings (SSSR count). The lowest BCUT2D eigenvalue weighted by Crippen LogP contribution is -2.25. The summed E-state index contributed by atoms with van der Waals surface area (Å²) in [5.41, 5.74) is 3.69. The van der Waals surface area contributed by atoms with Crippen molar-refractivity contribution in [3.8, 4) is 46.0 Å². The van der Waals surface area contributed by atoms with Gasteiger partial charge in [0.15, 0.2) is 23.0 Å². The van der Waals surface area contributed by atoms with Gasteiger partial charge >= 0.3 is 47.8 Å². The van der Waals surface area contributed by atoms with E-state index in [1.54, 1.807) is 39.0 Å². The molecule has 0 amide bonds. The average molecular weight is 1320 g/mol. The minimum Gasteiger partial charge on any atom is -0.423 e. The Bertz CT molecular complexity index is 3430. The molecule has 0 spiro atoms. The van der Waals surface area contributed by atoms with Crippen molar-refractivity contribution in [2.45, 2.75) is 202 Å². The molecule has 0 N–H and O–H groups in total. The second kappa shape index (κ2) is 36.5. The largest absolute Gasteiger partial charge is 0.423 e. The number of hydrogen-bond acceptors (Lipinski definition) is 16. The van der Waals surface area contributed by atoms with Gasteiger partial charge in [-0.25, -0.2) is 38.4 Å². The molecule has 5 aliphatic carbocycles. The van der Waals surface area contributed by atoms with Crippen LogP contribution in [0.25, 0.3) is 0 Å². The average Bonchev–Trinajstić information content (AvgIpc) is 0.803. The molecular formula is C80H100O16. The number of hydrogen-bond donors (Lipinski definition) is 0. The maximum Gasteiger partial charge on any atom is 0.338 e. The van der Waals surface area contributed by atoms with Crippen molar-refractivity contribution in [2.75, 3.05) is 0 Å². The fraction of sp³-hybridized carbons (Fsp3) is 0.475. The Morgan fingerprint density at radius 3 is 0.875 bits per heavy atom. The van der Waals surface area contributed by atoms with E-state index >= 15 is 0 Å². The highest BCUT2D eigenvalue weighted by atomic mass is 16.6. The first-order valence-corrected chi connectivity index (χ1v) is 34.0. The van der Waals surface area contributed by atoms with Crippen LogP contribution in [0.4, 0.5) is 0 Å². The van der Waals surface area contributed by atoms with Crippen molar-refractivity contribution in [1.82, 2.24) is 0 Å². The molecule has 96 heavy (non-hydrogen) atoms. The summed E-state index contributed by atoms with van der Waals surface area (Å²) in [4.78, 5) is 96.5. The van der Waals surface area contributed by atoms with Gasteiger partial charge < -0.3 is 37.9 Å². The summed E-state index contributed by atoms with van der Waals surface area (Å²) in [7, 11) is 0. The molecule has 5 saturated carbocycles. The highest BCUT2D eigenvalue weighted by molar-refractivity contribution is 5.93. The zero-order valence-electron chi connectivity index (χ0n) is 57.9. The third-order valence-corrected chi connectivity index (χ3v) is 19.3. The van der Waals surface area contributed by atoms with Gasteiger partial charge in [0.1, 0.15) is 23.0 Å². The second-order valence-corrected chi connectivity index (χ2v) is 27.4. The molecule has 0 radical (unpaired) electrons. The first kappa shape index (κ1) is 76.4. The summed E-state index contributed by atoms with van der Waals surface area (Å²) in [5.74, 6) is 2.58. The van der Waals surface area contributed by atoms with E-state index < -0.39 is 47.8 Å². The van der Waals surface area contributed by atoms with E-state index in [4.69, 9.17) is 37.9 Å². The van der Waals surface area contributed by atoms with E-state index in [0.29, 0.717) is 34.8 Å². The van der Waals surface area contributed by atoms with Gasteiger partial charge in [-0.3, -0.25) is 0 Å². The Kier molecular flexibility index (Phi) is 29.0. The number of esters is 8. The van der Waals surface area contributed by atoms with Crippen LogP contribution in [0.15, 0.2) is 141 Å². The molecule has 0 aromatic heterocycles. The maximum absolute atomic E-state index is 12.4. The molecular weight excluding hydrogens is 1220 g/mol. The Morgan fingerprint density at radius 1 is 0.302 bits per heavy atom. The lowest BCUT2D eigenvalue weighted by atomic mass is 9.68. The first-order chi connectivity index (χ1) is 45.5. The molecule has 3 aromatic rings. The van der Waals surface area contributed by atoms with E-state index in [1.807, 2.05) is 12.1 Å². The lowest BCUT2D eigenvalue weighted by Gasteiger charge is -2.37. The van der Waals surface area contributed by atoms with Gasteiger partial charge in [-0.05, 0) is 214 Å². The molecule has 5 fully saturated rings. The van der Waals surface area contributed by atoms with E-state index in [0.717, 1.165) is 129 Å². The quantitative estimate of drug-likeness (QED) is 0.0551. The van der Waals surface area contributed by atoms with Crippen LogP contribution in [-0.4, -0.2) is 47.8 Å². The van der Waals surface area contributed by atoms with Crippen LogP contribution in [0.1, 0.15) is 218 Å². The molecule has 5 aliphatic rings. The normalized spacial score (nSPS) is 22.8. The predicted molar refractivity (Wildman–Crippen MR) is 371 cm³/mol. The third-order valence-electron chi connectivity index (χ3n) is 19.3.